The van der Waals surface area contributed by atoms with Gasteiger partial charge in [-0.3, -0.25) is 0 Å². The van der Waals surface area contributed by atoms with Crippen LogP contribution in [0, 0.1) is 17.3 Å². The molecule has 1 aliphatic rings. The lowest BCUT2D eigenvalue weighted by Crippen LogP contribution is -2.35. The summed E-state index contributed by atoms with van der Waals surface area (Å²) in [5, 5.41) is 0. The Kier molecular flexibility index (Phi) is 6.17. The SMILES string of the molecule is CCC1(CCN(C)C(C)C)CCC(C(C)C)CC1. The third-order valence-corrected chi connectivity index (χ3v) is 5.66. The van der Waals surface area contributed by atoms with Crippen molar-refractivity contribution < 1.29 is 0 Å². The molecule has 0 atom stereocenters. The molecular weight excluding hydrogens is 218 g/mol. The van der Waals surface area contributed by atoms with Crippen LogP contribution in [0.3, 0.4) is 0 Å². The van der Waals surface area contributed by atoms with E-state index in [2.05, 4.69) is 46.6 Å². The zero-order chi connectivity index (χ0) is 13.8. The fourth-order valence-electron chi connectivity index (χ4n) is 3.37. The minimum absolute atomic E-state index is 0.661. The van der Waals surface area contributed by atoms with E-state index in [1.54, 1.807) is 0 Å². The summed E-state index contributed by atoms with van der Waals surface area (Å²) >= 11 is 0. The van der Waals surface area contributed by atoms with Gasteiger partial charge in [-0.1, -0.05) is 27.2 Å². The van der Waals surface area contributed by atoms with Gasteiger partial charge in [0, 0.05) is 6.04 Å². The summed E-state index contributed by atoms with van der Waals surface area (Å²) in [5.74, 6) is 1.88. The van der Waals surface area contributed by atoms with E-state index in [1.807, 2.05) is 0 Å². The van der Waals surface area contributed by atoms with Crippen molar-refractivity contribution in [1.82, 2.24) is 4.90 Å². The van der Waals surface area contributed by atoms with Crippen molar-refractivity contribution in [3.05, 3.63) is 0 Å². The van der Waals surface area contributed by atoms with Crippen LogP contribution in [0.2, 0.25) is 0 Å². The lowest BCUT2D eigenvalue weighted by Gasteiger charge is -2.42. The van der Waals surface area contributed by atoms with Crippen LogP contribution in [0.5, 0.6) is 0 Å². The molecule has 1 aliphatic carbocycles. The maximum absolute atomic E-state index is 2.51. The standard InChI is InChI=1S/C17H35N/c1-7-17(12-13-18(6)15(4)5)10-8-16(9-11-17)14(2)3/h14-16H,7-13H2,1-6H3. The van der Waals surface area contributed by atoms with Crippen LogP contribution < -0.4 is 0 Å². The average Bonchev–Trinajstić information content (AvgIpc) is 2.36. The number of nitrogens with zero attached hydrogens (tertiary/aromatic N) is 1. The molecule has 0 aromatic heterocycles. The molecule has 0 amide bonds. The molecule has 108 valence electrons. The molecule has 0 heterocycles. The van der Waals surface area contributed by atoms with Gasteiger partial charge in [-0.2, -0.15) is 0 Å². The van der Waals surface area contributed by atoms with Gasteiger partial charge < -0.3 is 4.90 Å². The molecule has 0 unspecified atom stereocenters. The van der Waals surface area contributed by atoms with Gasteiger partial charge in [0.1, 0.15) is 0 Å². The van der Waals surface area contributed by atoms with Gasteiger partial charge in [-0.15, -0.1) is 0 Å². The molecular formula is C17H35N. The van der Waals surface area contributed by atoms with Gasteiger partial charge in [0.25, 0.3) is 0 Å². The maximum atomic E-state index is 2.51. The zero-order valence-electron chi connectivity index (χ0n) is 13.6. The monoisotopic (exact) mass is 253 g/mol. The quantitative estimate of drug-likeness (QED) is 0.647. The summed E-state index contributed by atoms with van der Waals surface area (Å²) in [6.45, 7) is 13.1. The van der Waals surface area contributed by atoms with Crippen LogP contribution in [0.4, 0.5) is 0 Å². The predicted molar refractivity (Wildman–Crippen MR) is 81.9 cm³/mol. The van der Waals surface area contributed by atoms with E-state index in [4.69, 9.17) is 0 Å². The molecule has 18 heavy (non-hydrogen) atoms. The highest BCUT2D eigenvalue weighted by Gasteiger charge is 2.34. The van der Waals surface area contributed by atoms with Gasteiger partial charge in [0.15, 0.2) is 0 Å². The highest BCUT2D eigenvalue weighted by Crippen LogP contribution is 2.45. The Bertz CT molecular complexity index is 224. The number of rotatable bonds is 6. The average molecular weight is 253 g/mol. The smallest absolute Gasteiger partial charge is 0.00355 e. The van der Waals surface area contributed by atoms with E-state index in [0.29, 0.717) is 11.5 Å². The second kappa shape index (κ2) is 6.93. The van der Waals surface area contributed by atoms with Crippen molar-refractivity contribution in [1.29, 1.82) is 0 Å². The molecule has 0 aromatic carbocycles. The van der Waals surface area contributed by atoms with E-state index < -0.39 is 0 Å². The van der Waals surface area contributed by atoms with E-state index in [9.17, 15) is 0 Å². The molecule has 0 aliphatic heterocycles. The maximum Gasteiger partial charge on any atom is 0.00355 e. The van der Waals surface area contributed by atoms with Crippen molar-refractivity contribution in [3.8, 4) is 0 Å². The van der Waals surface area contributed by atoms with E-state index >= 15 is 0 Å². The predicted octanol–water partition coefficient (Wildman–Crippen LogP) is 4.96. The summed E-state index contributed by atoms with van der Waals surface area (Å²) in [4.78, 5) is 2.51. The first-order valence-electron chi connectivity index (χ1n) is 8.10. The van der Waals surface area contributed by atoms with Crippen LogP contribution in [-0.4, -0.2) is 24.5 Å². The first kappa shape index (κ1) is 16.0. The summed E-state index contributed by atoms with van der Waals surface area (Å²) in [6.07, 6.45) is 8.66. The third-order valence-electron chi connectivity index (χ3n) is 5.66. The lowest BCUT2D eigenvalue weighted by molar-refractivity contribution is 0.0936. The fourth-order valence-corrected chi connectivity index (χ4v) is 3.37. The largest absolute Gasteiger partial charge is 0.304 e. The molecule has 1 saturated carbocycles. The minimum atomic E-state index is 0.661. The van der Waals surface area contributed by atoms with Crippen LogP contribution in [0.25, 0.3) is 0 Å². The van der Waals surface area contributed by atoms with E-state index in [0.717, 1.165) is 11.8 Å². The summed E-state index contributed by atoms with van der Waals surface area (Å²) in [7, 11) is 2.27. The van der Waals surface area contributed by atoms with Gasteiger partial charge in [0.05, 0.1) is 0 Å². The van der Waals surface area contributed by atoms with Crippen molar-refractivity contribution in [3.63, 3.8) is 0 Å². The second-order valence-corrected chi connectivity index (χ2v) is 7.26. The summed E-state index contributed by atoms with van der Waals surface area (Å²) in [5.41, 5.74) is 0.661. The van der Waals surface area contributed by atoms with Crippen molar-refractivity contribution >= 4 is 0 Å². The lowest BCUT2D eigenvalue weighted by atomic mass is 9.65. The van der Waals surface area contributed by atoms with Crippen molar-refractivity contribution in [2.24, 2.45) is 17.3 Å². The second-order valence-electron chi connectivity index (χ2n) is 7.26. The summed E-state index contributed by atoms with van der Waals surface area (Å²) < 4.78 is 0. The van der Waals surface area contributed by atoms with Crippen LogP contribution in [-0.2, 0) is 0 Å². The summed E-state index contributed by atoms with van der Waals surface area (Å²) in [6, 6.07) is 0.686. The highest BCUT2D eigenvalue weighted by molar-refractivity contribution is 4.86. The van der Waals surface area contributed by atoms with Crippen LogP contribution in [0.15, 0.2) is 0 Å². The van der Waals surface area contributed by atoms with Gasteiger partial charge in [-0.05, 0) is 76.8 Å². The molecule has 1 rings (SSSR count). The molecule has 0 saturated heterocycles. The fraction of sp³-hybridized carbons (Fsp3) is 1.00. The van der Waals surface area contributed by atoms with Gasteiger partial charge in [-0.25, -0.2) is 0 Å². The molecule has 0 N–H and O–H groups in total. The molecule has 1 heteroatoms. The van der Waals surface area contributed by atoms with E-state index in [-0.39, 0.29) is 0 Å². The van der Waals surface area contributed by atoms with Gasteiger partial charge in [0.2, 0.25) is 0 Å². The molecule has 1 fully saturated rings. The van der Waals surface area contributed by atoms with E-state index in [1.165, 1.54) is 45.1 Å². The first-order chi connectivity index (χ1) is 8.40. The van der Waals surface area contributed by atoms with Crippen LogP contribution in [0.1, 0.15) is 73.1 Å². The van der Waals surface area contributed by atoms with Gasteiger partial charge >= 0.3 is 0 Å². The zero-order valence-corrected chi connectivity index (χ0v) is 13.6. The molecule has 0 aromatic rings. The Labute approximate surface area is 115 Å². The Morgan fingerprint density at radius 2 is 1.67 bits per heavy atom. The number of hydrogen-bond donors (Lipinski definition) is 0. The van der Waals surface area contributed by atoms with Crippen LogP contribution >= 0.6 is 0 Å². The molecule has 1 nitrogen and oxygen atoms in total. The first-order valence-corrected chi connectivity index (χ1v) is 8.10. The minimum Gasteiger partial charge on any atom is -0.304 e. The Morgan fingerprint density at radius 1 is 1.11 bits per heavy atom. The highest BCUT2D eigenvalue weighted by atomic mass is 15.1. The Morgan fingerprint density at radius 3 is 2.06 bits per heavy atom. The Hall–Kier alpha value is -0.0400. The third kappa shape index (κ3) is 4.26. The molecule has 0 bridgehead atoms. The van der Waals surface area contributed by atoms with Crippen molar-refractivity contribution in [2.75, 3.05) is 13.6 Å². The van der Waals surface area contributed by atoms with Crippen molar-refractivity contribution in [2.45, 2.75) is 79.2 Å². The topological polar surface area (TPSA) is 3.24 Å². The molecule has 0 radical (unpaired) electrons. The Balaban J connectivity index is 2.45. The number of hydrogen-bond acceptors (Lipinski definition) is 1. The normalized spacial score (nSPS) is 29.5. The molecule has 0 spiro atoms.